The van der Waals surface area contributed by atoms with Crippen molar-refractivity contribution in [3.05, 3.63) is 17.0 Å². The molecule has 31 heavy (non-hydrogen) atoms. The zero-order valence-electron chi connectivity index (χ0n) is 19.1. The van der Waals surface area contributed by atoms with E-state index in [9.17, 15) is 9.59 Å². The number of carbonyl (C=O) groups is 2. The molecule has 3 atom stereocenters. The van der Waals surface area contributed by atoms with Crippen LogP contribution in [-0.2, 0) is 9.53 Å². The van der Waals surface area contributed by atoms with Gasteiger partial charge < -0.3 is 15.4 Å². The molecule has 8 nitrogen and oxygen atoms in total. The second-order valence-electron chi connectivity index (χ2n) is 8.76. The largest absolute Gasteiger partial charge is 0.444 e. The number of aromatic nitrogens is 2. The molecule has 0 saturated heterocycles. The highest BCUT2D eigenvalue weighted by atomic mass is 35.5. The molecule has 0 aliphatic heterocycles. The summed E-state index contributed by atoms with van der Waals surface area (Å²) in [5.74, 6) is 6.96. The van der Waals surface area contributed by atoms with Gasteiger partial charge in [0.05, 0.1) is 5.56 Å². The number of hydrogen-bond donors (Lipinski definition) is 2. The Labute approximate surface area is 189 Å². The number of rotatable bonds is 4. The lowest BCUT2D eigenvalue weighted by Crippen LogP contribution is -2.50. The van der Waals surface area contributed by atoms with Crippen LogP contribution in [0.3, 0.4) is 0 Å². The van der Waals surface area contributed by atoms with Crippen LogP contribution in [0.1, 0.15) is 58.9 Å². The van der Waals surface area contributed by atoms with Crippen molar-refractivity contribution in [1.82, 2.24) is 20.2 Å². The molecule has 1 aliphatic carbocycles. The van der Waals surface area contributed by atoms with Crippen LogP contribution in [0.15, 0.2) is 6.20 Å². The molecule has 0 unspecified atom stereocenters. The monoisotopic (exact) mass is 449 g/mol. The molecule has 1 aromatic heterocycles. The minimum absolute atomic E-state index is 0.0141. The summed E-state index contributed by atoms with van der Waals surface area (Å²) in [7, 11) is 3.33. The zero-order valence-corrected chi connectivity index (χ0v) is 19.8. The molecule has 0 radical (unpaired) electrons. The van der Waals surface area contributed by atoms with Gasteiger partial charge in [0.25, 0.3) is 0 Å². The van der Waals surface area contributed by atoms with Crippen molar-refractivity contribution < 1.29 is 14.3 Å². The van der Waals surface area contributed by atoms with E-state index in [0.29, 0.717) is 11.4 Å². The molecule has 0 bridgehead atoms. The standard InChI is InChI=1S/C22H32ClN5O3/c1-14(28(6)21(30)31-22(2,3)4)19(29)26-17-9-7-8-15(12-17)10-11-16-13-25-20(23)27-18(16)24-5/h13-15,17H,7-9,12H2,1-6H3,(H,26,29)(H,24,25,27)/t14-,15-,17-/m0/s1. The van der Waals surface area contributed by atoms with Crippen molar-refractivity contribution in [2.45, 2.75) is 71.1 Å². The molecule has 170 valence electrons. The average molecular weight is 450 g/mol. The first-order valence-corrected chi connectivity index (χ1v) is 10.9. The number of hydrogen-bond acceptors (Lipinski definition) is 6. The van der Waals surface area contributed by atoms with Crippen LogP contribution in [0.4, 0.5) is 10.6 Å². The smallest absolute Gasteiger partial charge is 0.410 e. The molecule has 0 spiro atoms. The van der Waals surface area contributed by atoms with E-state index in [1.807, 2.05) is 0 Å². The van der Waals surface area contributed by atoms with Gasteiger partial charge in [-0.2, -0.15) is 4.98 Å². The van der Waals surface area contributed by atoms with Crippen molar-refractivity contribution in [3.63, 3.8) is 0 Å². The van der Waals surface area contributed by atoms with E-state index in [1.54, 1.807) is 48.0 Å². The summed E-state index contributed by atoms with van der Waals surface area (Å²) in [5.41, 5.74) is 0.0738. The van der Waals surface area contributed by atoms with Gasteiger partial charge in [-0.15, -0.1) is 0 Å². The summed E-state index contributed by atoms with van der Waals surface area (Å²) in [5, 5.41) is 6.20. The third kappa shape index (κ3) is 7.59. The number of nitrogens with one attached hydrogen (secondary N) is 2. The Morgan fingerprint density at radius 2 is 2.06 bits per heavy atom. The van der Waals surface area contributed by atoms with E-state index in [2.05, 4.69) is 32.4 Å². The first kappa shape index (κ1) is 24.7. The minimum atomic E-state index is -0.634. The summed E-state index contributed by atoms with van der Waals surface area (Å²) in [4.78, 5) is 34.3. The molecule has 1 aromatic rings. The van der Waals surface area contributed by atoms with Crippen molar-refractivity contribution in [2.75, 3.05) is 19.4 Å². The maximum atomic E-state index is 12.7. The van der Waals surface area contributed by atoms with Crippen molar-refractivity contribution in [1.29, 1.82) is 0 Å². The predicted octanol–water partition coefficient (Wildman–Crippen LogP) is 3.45. The lowest BCUT2D eigenvalue weighted by molar-refractivity contribution is -0.126. The minimum Gasteiger partial charge on any atom is -0.444 e. The number of halogens is 1. The Bertz CT molecular complexity index is 859. The third-order valence-corrected chi connectivity index (χ3v) is 5.25. The van der Waals surface area contributed by atoms with E-state index in [4.69, 9.17) is 16.3 Å². The Morgan fingerprint density at radius 3 is 2.71 bits per heavy atom. The molecule has 2 amide bonds. The first-order chi connectivity index (χ1) is 14.5. The van der Waals surface area contributed by atoms with Crippen molar-refractivity contribution >= 4 is 29.4 Å². The van der Waals surface area contributed by atoms with Gasteiger partial charge in [0.1, 0.15) is 17.5 Å². The van der Waals surface area contributed by atoms with Gasteiger partial charge in [0.2, 0.25) is 11.2 Å². The fraction of sp³-hybridized carbons (Fsp3) is 0.636. The molecular weight excluding hydrogens is 418 g/mol. The number of anilines is 1. The van der Waals surface area contributed by atoms with Crippen LogP contribution in [0, 0.1) is 17.8 Å². The van der Waals surface area contributed by atoms with Gasteiger partial charge in [0.15, 0.2) is 0 Å². The molecule has 0 aromatic carbocycles. The molecule has 2 rings (SSSR count). The number of ether oxygens (including phenoxy) is 1. The molecule has 1 fully saturated rings. The first-order valence-electron chi connectivity index (χ1n) is 10.5. The van der Waals surface area contributed by atoms with Gasteiger partial charge in [-0.25, -0.2) is 9.78 Å². The summed E-state index contributed by atoms with van der Waals surface area (Å²) in [6.07, 6.45) is 4.66. The van der Waals surface area contributed by atoms with E-state index < -0.39 is 17.7 Å². The third-order valence-electron chi connectivity index (χ3n) is 5.07. The number of nitrogens with zero attached hydrogens (tertiary/aromatic N) is 3. The highest BCUT2D eigenvalue weighted by molar-refractivity contribution is 6.28. The molecule has 1 aliphatic rings. The fourth-order valence-electron chi connectivity index (χ4n) is 3.26. The quantitative estimate of drug-likeness (QED) is 0.539. The Morgan fingerprint density at radius 1 is 1.35 bits per heavy atom. The van der Waals surface area contributed by atoms with Gasteiger partial charge in [-0.3, -0.25) is 9.69 Å². The molecular formula is C22H32ClN5O3. The van der Waals surface area contributed by atoms with E-state index in [1.165, 1.54) is 4.90 Å². The second kappa shape index (κ2) is 10.7. The van der Waals surface area contributed by atoms with Gasteiger partial charge in [-0.1, -0.05) is 18.3 Å². The SMILES string of the molecule is CNc1nc(Cl)ncc1C#C[C@@H]1CCC[C@H](NC(=O)[C@H](C)N(C)C(=O)OC(C)(C)C)C1. The van der Waals surface area contributed by atoms with Crippen molar-refractivity contribution in [3.8, 4) is 11.8 Å². The normalized spacial score (nSPS) is 19.5. The maximum absolute atomic E-state index is 12.7. The van der Waals surface area contributed by atoms with Crippen LogP contribution in [-0.4, -0.2) is 58.6 Å². The van der Waals surface area contributed by atoms with E-state index >= 15 is 0 Å². The number of likely N-dealkylation sites (N-methyl/N-ethyl adjacent to an activating group) is 1. The summed E-state index contributed by atoms with van der Waals surface area (Å²) in [6.45, 7) is 7.08. The van der Waals surface area contributed by atoms with Gasteiger partial charge in [-0.05, 0) is 58.6 Å². The molecule has 1 saturated carbocycles. The highest BCUT2D eigenvalue weighted by Crippen LogP contribution is 2.24. The highest BCUT2D eigenvalue weighted by Gasteiger charge is 2.29. The lowest BCUT2D eigenvalue weighted by Gasteiger charge is -2.31. The van der Waals surface area contributed by atoms with Crippen molar-refractivity contribution in [2.24, 2.45) is 5.92 Å². The number of amides is 2. The summed E-state index contributed by atoms with van der Waals surface area (Å²) >= 11 is 5.83. The molecule has 1 heterocycles. The second-order valence-corrected chi connectivity index (χ2v) is 9.09. The lowest BCUT2D eigenvalue weighted by atomic mass is 9.86. The van der Waals surface area contributed by atoms with E-state index in [0.717, 1.165) is 25.7 Å². The van der Waals surface area contributed by atoms with Crippen LogP contribution < -0.4 is 10.6 Å². The zero-order chi connectivity index (χ0) is 23.2. The van der Waals surface area contributed by atoms with E-state index in [-0.39, 0.29) is 23.2 Å². The van der Waals surface area contributed by atoms with Crippen LogP contribution in [0.25, 0.3) is 0 Å². The van der Waals surface area contributed by atoms with Crippen LogP contribution in [0.2, 0.25) is 5.28 Å². The molecule has 9 heteroatoms. The predicted molar refractivity (Wildman–Crippen MR) is 121 cm³/mol. The molecule has 2 N–H and O–H groups in total. The summed E-state index contributed by atoms with van der Waals surface area (Å²) < 4.78 is 5.34. The van der Waals surface area contributed by atoms with Crippen LogP contribution >= 0.6 is 11.6 Å². The summed E-state index contributed by atoms with van der Waals surface area (Å²) in [6, 6.07) is -0.619. The van der Waals surface area contributed by atoms with Gasteiger partial charge >= 0.3 is 6.09 Å². The Balaban J connectivity index is 1.96. The Kier molecular flexibility index (Phi) is 8.52. The average Bonchev–Trinajstić information content (AvgIpc) is 2.70. The Hall–Kier alpha value is -2.53. The van der Waals surface area contributed by atoms with Gasteiger partial charge in [0, 0.05) is 32.3 Å². The number of carbonyl (C=O) groups excluding carboxylic acids is 2. The maximum Gasteiger partial charge on any atom is 0.410 e. The topological polar surface area (TPSA) is 96.5 Å². The fourth-order valence-corrected chi connectivity index (χ4v) is 3.40. The van der Waals surface area contributed by atoms with Crippen LogP contribution in [0.5, 0.6) is 0 Å².